The normalized spacial score (nSPS) is 13.6. The number of fused-ring (bicyclic) bond motifs is 1. The average Bonchev–Trinajstić information content (AvgIpc) is 3.12. The third-order valence-electron chi connectivity index (χ3n) is 6.42. The summed E-state index contributed by atoms with van der Waals surface area (Å²) in [7, 11) is -5.49. The van der Waals surface area contributed by atoms with E-state index < -0.39 is 18.2 Å². The van der Waals surface area contributed by atoms with E-state index in [2.05, 4.69) is 79.4 Å². The van der Waals surface area contributed by atoms with Crippen LogP contribution in [-0.2, 0) is 16.7 Å². The van der Waals surface area contributed by atoms with Crippen LogP contribution in [-0.4, -0.2) is 39.0 Å². The number of aromatic nitrogens is 1. The Hall–Kier alpha value is -1.71. The van der Waals surface area contributed by atoms with Gasteiger partial charge in [-0.3, -0.25) is 0 Å². The van der Waals surface area contributed by atoms with Crippen LogP contribution in [0.1, 0.15) is 37.3 Å². The van der Waals surface area contributed by atoms with Gasteiger partial charge in [-0.1, -0.05) is 54.7 Å². The standard InChI is InChI=1S/C26H35ClN2O3S2Si/c1-6-28(20(2)35(3,4)5)23-13-9-21(10-14-23)11-16-26-29(17-7-8-18-34(30,31)32)24-19-22(27)12-15-25(24)33-26/h9-16,19-20H,6-8,17-18H2,1-5H3. The molecule has 0 N–H and O–H groups in total. The van der Waals surface area contributed by atoms with E-state index >= 15 is 0 Å². The summed E-state index contributed by atoms with van der Waals surface area (Å²) in [5.41, 5.74) is 3.93. The molecule has 9 heteroatoms. The predicted octanol–water partition coefficient (Wildman–Crippen LogP) is 6.43. The van der Waals surface area contributed by atoms with Crippen LogP contribution in [0.4, 0.5) is 5.69 Å². The van der Waals surface area contributed by atoms with Crippen molar-refractivity contribution in [2.75, 3.05) is 17.2 Å². The van der Waals surface area contributed by atoms with Gasteiger partial charge in [0.1, 0.15) is 4.70 Å². The van der Waals surface area contributed by atoms with Gasteiger partial charge >= 0.3 is 0 Å². The van der Waals surface area contributed by atoms with E-state index in [0.29, 0.717) is 30.1 Å². The summed E-state index contributed by atoms with van der Waals surface area (Å²) >= 11 is 7.92. The fourth-order valence-electron chi connectivity index (χ4n) is 4.07. The third kappa shape index (κ3) is 7.63. The second-order valence-corrected chi connectivity index (χ2v) is 18.5. The van der Waals surface area contributed by atoms with Crippen LogP contribution in [0.3, 0.4) is 0 Å². The topological polar surface area (TPSA) is 64.3 Å². The van der Waals surface area contributed by atoms with Gasteiger partial charge in [0.15, 0.2) is 6.54 Å². The van der Waals surface area contributed by atoms with Crippen molar-refractivity contribution >= 4 is 69.2 Å². The summed E-state index contributed by atoms with van der Waals surface area (Å²) in [5.74, 6) is -0.334. The van der Waals surface area contributed by atoms with E-state index in [1.807, 2.05) is 18.2 Å². The molecule has 0 aliphatic rings. The molecule has 1 aromatic heterocycles. The molecule has 35 heavy (non-hydrogen) atoms. The van der Waals surface area contributed by atoms with Crippen LogP contribution in [0, 0.1) is 0 Å². The van der Waals surface area contributed by atoms with E-state index in [0.717, 1.165) is 27.3 Å². The molecule has 1 atom stereocenters. The van der Waals surface area contributed by atoms with Crippen LogP contribution < -0.4 is 9.47 Å². The van der Waals surface area contributed by atoms with Gasteiger partial charge in [-0.05, 0) is 56.2 Å². The number of hydrogen-bond acceptors (Lipinski definition) is 5. The first-order chi connectivity index (χ1) is 16.4. The molecule has 0 spiro atoms. The number of thiazole rings is 1. The van der Waals surface area contributed by atoms with Gasteiger partial charge in [0.05, 0.1) is 18.2 Å². The first-order valence-electron chi connectivity index (χ1n) is 12.0. The van der Waals surface area contributed by atoms with Gasteiger partial charge in [-0.25, -0.2) is 8.42 Å². The highest BCUT2D eigenvalue weighted by molar-refractivity contribution is 7.85. The molecule has 0 saturated carbocycles. The highest BCUT2D eigenvalue weighted by atomic mass is 35.5. The van der Waals surface area contributed by atoms with Crippen molar-refractivity contribution in [2.45, 2.75) is 58.5 Å². The summed E-state index contributed by atoms with van der Waals surface area (Å²) in [6.45, 7) is 13.4. The van der Waals surface area contributed by atoms with Crippen molar-refractivity contribution in [3.63, 3.8) is 0 Å². The Morgan fingerprint density at radius 3 is 2.40 bits per heavy atom. The highest BCUT2D eigenvalue weighted by Crippen LogP contribution is 2.26. The fraction of sp³-hybridized carbons (Fsp3) is 0.423. The van der Waals surface area contributed by atoms with E-state index in [1.54, 1.807) is 11.3 Å². The molecule has 190 valence electrons. The van der Waals surface area contributed by atoms with Gasteiger partial charge in [0.25, 0.3) is 5.01 Å². The van der Waals surface area contributed by atoms with E-state index in [-0.39, 0.29) is 5.75 Å². The molecule has 0 bridgehead atoms. The molecular weight excluding hydrogens is 516 g/mol. The van der Waals surface area contributed by atoms with Crippen LogP contribution in [0.15, 0.2) is 42.5 Å². The van der Waals surface area contributed by atoms with Gasteiger partial charge in [0.2, 0.25) is 5.52 Å². The zero-order valence-corrected chi connectivity index (χ0v) is 24.5. The van der Waals surface area contributed by atoms with Crippen LogP contribution in [0.2, 0.25) is 24.7 Å². The van der Waals surface area contributed by atoms with Gasteiger partial charge in [0, 0.05) is 47.2 Å². The number of halogens is 1. The summed E-state index contributed by atoms with van der Waals surface area (Å²) in [6, 6.07) is 14.5. The minimum Gasteiger partial charge on any atom is -0.748 e. The van der Waals surface area contributed by atoms with Crippen molar-refractivity contribution in [3.8, 4) is 0 Å². The van der Waals surface area contributed by atoms with Gasteiger partial charge in [-0.2, -0.15) is 4.57 Å². The van der Waals surface area contributed by atoms with Gasteiger partial charge in [-0.15, -0.1) is 0 Å². The van der Waals surface area contributed by atoms with E-state index in [1.165, 1.54) is 5.69 Å². The van der Waals surface area contributed by atoms with Crippen LogP contribution in [0.5, 0.6) is 0 Å². The van der Waals surface area contributed by atoms with E-state index in [4.69, 9.17) is 11.6 Å². The molecular formula is C26H35ClN2O3S2Si. The molecule has 1 unspecified atom stereocenters. The van der Waals surface area contributed by atoms with Crippen molar-refractivity contribution in [3.05, 3.63) is 58.1 Å². The molecule has 0 saturated heterocycles. The molecule has 0 fully saturated rings. The molecule has 0 radical (unpaired) electrons. The Morgan fingerprint density at radius 1 is 1.11 bits per heavy atom. The molecule has 3 aromatic rings. The number of benzene rings is 2. The van der Waals surface area contributed by atoms with E-state index in [9.17, 15) is 13.0 Å². The maximum atomic E-state index is 11.0. The van der Waals surface area contributed by atoms with Crippen LogP contribution in [0.25, 0.3) is 22.4 Å². The second-order valence-electron chi connectivity index (χ2n) is 9.93. The molecule has 1 heterocycles. The fourth-order valence-corrected chi connectivity index (χ4v) is 7.13. The Balaban J connectivity index is 1.83. The number of unbranched alkanes of at least 4 members (excludes halogenated alkanes) is 1. The Bertz CT molecular complexity index is 1280. The lowest BCUT2D eigenvalue weighted by atomic mass is 10.2. The number of rotatable bonds is 11. The third-order valence-corrected chi connectivity index (χ3v) is 11.4. The SMILES string of the molecule is CCN(c1ccc(/C=C/c2sc3ccc(Cl)cc3[n+]2CCCCS(=O)(=O)[O-])cc1)C(C)[Si](C)(C)C. The largest absolute Gasteiger partial charge is 0.748 e. The quantitative estimate of drug-likeness (QED) is 0.119. The van der Waals surface area contributed by atoms with Crippen molar-refractivity contribution in [2.24, 2.45) is 0 Å². The summed E-state index contributed by atoms with van der Waals surface area (Å²) in [6.07, 6.45) is 5.14. The lowest BCUT2D eigenvalue weighted by molar-refractivity contribution is -0.669. The Labute approximate surface area is 219 Å². The monoisotopic (exact) mass is 550 g/mol. The summed E-state index contributed by atoms with van der Waals surface area (Å²) < 4.78 is 36.1. The second kappa shape index (κ2) is 11.6. The molecule has 2 aromatic carbocycles. The predicted molar refractivity (Wildman–Crippen MR) is 152 cm³/mol. The maximum Gasteiger partial charge on any atom is 0.262 e. The van der Waals surface area contributed by atoms with Crippen molar-refractivity contribution in [1.82, 2.24) is 0 Å². The summed E-state index contributed by atoms with van der Waals surface area (Å²) in [4.78, 5) is 2.49. The number of aryl methyl sites for hydroxylation is 1. The zero-order chi connectivity index (χ0) is 25.8. The highest BCUT2D eigenvalue weighted by Gasteiger charge is 2.27. The lowest BCUT2D eigenvalue weighted by Gasteiger charge is -2.38. The van der Waals surface area contributed by atoms with Crippen molar-refractivity contribution in [1.29, 1.82) is 0 Å². The van der Waals surface area contributed by atoms with Gasteiger partial charge < -0.3 is 9.45 Å². The first-order valence-corrected chi connectivity index (χ1v) is 18.3. The summed E-state index contributed by atoms with van der Waals surface area (Å²) in [5, 5.41) is 1.71. The number of hydrogen-bond donors (Lipinski definition) is 0. The Morgan fingerprint density at radius 2 is 1.80 bits per heavy atom. The van der Waals surface area contributed by atoms with Crippen LogP contribution >= 0.6 is 22.9 Å². The first kappa shape index (κ1) is 27.9. The molecule has 0 aliphatic heterocycles. The lowest BCUT2D eigenvalue weighted by Crippen LogP contribution is -2.49. The van der Waals surface area contributed by atoms with Crippen molar-refractivity contribution < 1.29 is 17.5 Å². The minimum atomic E-state index is -4.19. The molecule has 3 rings (SSSR count). The zero-order valence-electron chi connectivity index (χ0n) is 21.1. The average molecular weight is 551 g/mol. The minimum absolute atomic E-state index is 0.334. The molecule has 0 aliphatic carbocycles. The number of anilines is 1. The smallest absolute Gasteiger partial charge is 0.262 e. The molecule has 0 amide bonds. The number of nitrogens with zero attached hydrogens (tertiary/aromatic N) is 2. The Kier molecular flexibility index (Phi) is 9.20. The molecule has 5 nitrogen and oxygen atoms in total. The maximum absolute atomic E-state index is 11.0.